The van der Waals surface area contributed by atoms with Crippen LogP contribution in [0.1, 0.15) is 16.8 Å². The lowest BCUT2D eigenvalue weighted by Gasteiger charge is -2.05. The number of nitrogens with zero attached hydrogens (tertiary/aromatic N) is 5. The molecule has 110 valence electrons. The highest BCUT2D eigenvalue weighted by Crippen LogP contribution is 2.22. The van der Waals surface area contributed by atoms with Crippen molar-refractivity contribution >= 4 is 22.5 Å². The first-order valence-corrected chi connectivity index (χ1v) is 6.70. The molecule has 7 nitrogen and oxygen atoms in total. The van der Waals surface area contributed by atoms with Gasteiger partial charge >= 0.3 is 0 Å². The maximum Gasteiger partial charge on any atom is 0.154 e. The average molecular weight is 293 g/mol. The number of anilines is 2. The molecule has 0 aliphatic rings. The predicted octanol–water partition coefficient (Wildman–Crippen LogP) is 1.09. The molecule has 0 amide bonds. The number of hydrogen-bond acceptors (Lipinski definition) is 6. The second kappa shape index (κ2) is 5.33. The molecule has 3 rings (SSSR count). The van der Waals surface area contributed by atoms with Gasteiger partial charge in [0.1, 0.15) is 11.3 Å². The predicted molar refractivity (Wildman–Crippen MR) is 85.2 cm³/mol. The summed E-state index contributed by atoms with van der Waals surface area (Å²) in [6.45, 7) is 1.92. The molecular formula is C15H15N7. The Morgan fingerprint density at radius 2 is 2.00 bits per heavy atom. The first-order valence-electron chi connectivity index (χ1n) is 6.70. The van der Waals surface area contributed by atoms with E-state index in [4.69, 9.17) is 5.73 Å². The van der Waals surface area contributed by atoms with Gasteiger partial charge in [-0.3, -0.25) is 4.68 Å². The van der Waals surface area contributed by atoms with Crippen LogP contribution in [0.25, 0.3) is 10.9 Å². The number of aryl methyl sites for hydroxylation is 2. The summed E-state index contributed by atoms with van der Waals surface area (Å²) < 4.78 is 1.74. The lowest BCUT2D eigenvalue weighted by molar-refractivity contribution is 0.756. The smallest absolute Gasteiger partial charge is 0.154 e. The summed E-state index contributed by atoms with van der Waals surface area (Å²) in [5.74, 6) is 7.23. The van der Waals surface area contributed by atoms with Gasteiger partial charge in [0.15, 0.2) is 5.82 Å². The summed E-state index contributed by atoms with van der Waals surface area (Å²) in [6, 6.07) is 1.75. The van der Waals surface area contributed by atoms with Crippen molar-refractivity contribution < 1.29 is 0 Å². The Morgan fingerprint density at radius 1 is 1.23 bits per heavy atom. The van der Waals surface area contributed by atoms with Crippen LogP contribution in [0.4, 0.5) is 11.6 Å². The SMILES string of the molecule is CNc1ncc(C#Cc2cn(C)nc2C)c2cc(N)nnc12. The molecule has 0 unspecified atom stereocenters. The molecule has 3 heterocycles. The molecule has 0 aliphatic heterocycles. The highest BCUT2D eigenvalue weighted by molar-refractivity contribution is 5.93. The Labute approximate surface area is 127 Å². The zero-order chi connectivity index (χ0) is 15.7. The summed E-state index contributed by atoms with van der Waals surface area (Å²) in [5.41, 5.74) is 8.90. The molecule has 3 aromatic rings. The third-order valence-corrected chi connectivity index (χ3v) is 3.23. The number of hydrogen-bond donors (Lipinski definition) is 2. The third-order valence-electron chi connectivity index (χ3n) is 3.23. The molecule has 0 spiro atoms. The van der Waals surface area contributed by atoms with Gasteiger partial charge in [0.05, 0.1) is 16.8 Å². The van der Waals surface area contributed by atoms with E-state index >= 15 is 0 Å². The zero-order valence-corrected chi connectivity index (χ0v) is 12.5. The van der Waals surface area contributed by atoms with E-state index in [1.807, 2.05) is 20.2 Å². The lowest BCUT2D eigenvalue weighted by atomic mass is 10.1. The molecule has 3 N–H and O–H groups in total. The Morgan fingerprint density at radius 3 is 2.68 bits per heavy atom. The van der Waals surface area contributed by atoms with Gasteiger partial charge in [-0.15, -0.1) is 10.2 Å². The second-order valence-corrected chi connectivity index (χ2v) is 4.85. The molecule has 0 fully saturated rings. The van der Waals surface area contributed by atoms with Crippen LogP contribution in [-0.4, -0.2) is 32.0 Å². The molecule has 0 saturated carbocycles. The van der Waals surface area contributed by atoms with E-state index in [-0.39, 0.29) is 0 Å². The zero-order valence-electron chi connectivity index (χ0n) is 12.5. The average Bonchev–Trinajstić information content (AvgIpc) is 2.82. The maximum absolute atomic E-state index is 5.74. The van der Waals surface area contributed by atoms with E-state index < -0.39 is 0 Å². The molecule has 7 heteroatoms. The largest absolute Gasteiger partial charge is 0.382 e. The van der Waals surface area contributed by atoms with Crippen LogP contribution < -0.4 is 11.1 Å². The van der Waals surface area contributed by atoms with E-state index in [0.717, 1.165) is 22.2 Å². The first-order chi connectivity index (χ1) is 10.6. The quantitative estimate of drug-likeness (QED) is 0.652. The fourth-order valence-electron chi connectivity index (χ4n) is 2.19. The third kappa shape index (κ3) is 2.42. The molecule has 0 bridgehead atoms. The van der Waals surface area contributed by atoms with E-state index in [1.54, 1.807) is 24.0 Å². The van der Waals surface area contributed by atoms with Crippen LogP contribution in [0.3, 0.4) is 0 Å². The van der Waals surface area contributed by atoms with Crippen LogP contribution in [0, 0.1) is 18.8 Å². The van der Waals surface area contributed by atoms with Crippen molar-refractivity contribution in [3.63, 3.8) is 0 Å². The van der Waals surface area contributed by atoms with Crippen LogP contribution in [-0.2, 0) is 7.05 Å². The molecule has 0 saturated heterocycles. The molecule has 0 aromatic carbocycles. The van der Waals surface area contributed by atoms with Crippen molar-refractivity contribution in [2.75, 3.05) is 18.1 Å². The monoisotopic (exact) mass is 293 g/mol. The van der Waals surface area contributed by atoms with Gasteiger partial charge in [-0.1, -0.05) is 11.8 Å². The molecule has 0 aliphatic carbocycles. The molecule has 22 heavy (non-hydrogen) atoms. The number of pyridine rings is 1. The van der Waals surface area contributed by atoms with E-state index in [1.165, 1.54) is 0 Å². The van der Waals surface area contributed by atoms with Gasteiger partial charge in [0.2, 0.25) is 0 Å². The van der Waals surface area contributed by atoms with Gasteiger partial charge in [-0.2, -0.15) is 5.10 Å². The maximum atomic E-state index is 5.74. The van der Waals surface area contributed by atoms with Crippen molar-refractivity contribution in [3.8, 4) is 11.8 Å². The highest BCUT2D eigenvalue weighted by Gasteiger charge is 2.08. The first kappa shape index (κ1) is 13.8. The summed E-state index contributed by atoms with van der Waals surface area (Å²) in [7, 11) is 3.65. The van der Waals surface area contributed by atoms with Crippen LogP contribution in [0.15, 0.2) is 18.5 Å². The van der Waals surface area contributed by atoms with Gasteiger partial charge in [0.25, 0.3) is 0 Å². The fourth-order valence-corrected chi connectivity index (χ4v) is 2.19. The summed E-state index contributed by atoms with van der Waals surface area (Å²) >= 11 is 0. The van der Waals surface area contributed by atoms with Crippen molar-refractivity contribution in [2.24, 2.45) is 7.05 Å². The summed E-state index contributed by atoms with van der Waals surface area (Å²) in [4.78, 5) is 4.32. The van der Waals surface area contributed by atoms with Crippen molar-refractivity contribution in [3.05, 3.63) is 35.3 Å². The topological polar surface area (TPSA) is 94.5 Å². The minimum absolute atomic E-state index is 0.348. The highest BCUT2D eigenvalue weighted by atomic mass is 15.2. The Hall–Kier alpha value is -3.14. The van der Waals surface area contributed by atoms with Crippen LogP contribution >= 0.6 is 0 Å². The van der Waals surface area contributed by atoms with Gasteiger partial charge < -0.3 is 11.1 Å². The second-order valence-electron chi connectivity index (χ2n) is 4.85. The minimum Gasteiger partial charge on any atom is -0.382 e. The van der Waals surface area contributed by atoms with Crippen molar-refractivity contribution in [1.29, 1.82) is 0 Å². The number of fused-ring (bicyclic) bond motifs is 1. The molecular weight excluding hydrogens is 278 g/mol. The van der Waals surface area contributed by atoms with E-state index in [0.29, 0.717) is 17.2 Å². The number of rotatable bonds is 1. The molecule has 3 aromatic heterocycles. The van der Waals surface area contributed by atoms with Crippen molar-refractivity contribution in [1.82, 2.24) is 25.0 Å². The Balaban J connectivity index is 2.16. The van der Waals surface area contributed by atoms with E-state index in [2.05, 4.69) is 37.4 Å². The fraction of sp³-hybridized carbons (Fsp3) is 0.200. The van der Waals surface area contributed by atoms with E-state index in [9.17, 15) is 0 Å². The Bertz CT molecular complexity index is 915. The van der Waals surface area contributed by atoms with Gasteiger partial charge in [-0.05, 0) is 13.0 Å². The van der Waals surface area contributed by atoms with Crippen LogP contribution in [0.2, 0.25) is 0 Å². The normalized spacial score (nSPS) is 10.3. The minimum atomic E-state index is 0.348. The molecule has 0 atom stereocenters. The summed E-state index contributed by atoms with van der Waals surface area (Å²) in [6.07, 6.45) is 3.59. The molecule has 0 radical (unpaired) electrons. The van der Waals surface area contributed by atoms with Gasteiger partial charge in [0, 0.05) is 31.9 Å². The van der Waals surface area contributed by atoms with Gasteiger partial charge in [-0.25, -0.2) is 4.98 Å². The van der Waals surface area contributed by atoms with Crippen molar-refractivity contribution in [2.45, 2.75) is 6.92 Å². The Kier molecular flexibility index (Phi) is 3.35. The standard InChI is InChI=1S/C15H15N7/c1-9-11(8-22(3)21-9)5-4-10-7-18-15(17-2)14-12(10)6-13(16)19-20-14/h6-8H,1-3H3,(H2,16,19)(H,17,18). The van der Waals surface area contributed by atoms with Crippen LogP contribution in [0.5, 0.6) is 0 Å². The number of nitrogens with two attached hydrogens (primary N) is 1. The number of nitrogens with one attached hydrogen (secondary N) is 1. The number of aromatic nitrogens is 5. The number of nitrogen functional groups attached to an aromatic ring is 1. The lowest BCUT2D eigenvalue weighted by Crippen LogP contribution is -2.00. The summed E-state index contributed by atoms with van der Waals surface area (Å²) in [5, 5.41) is 16.1.